The van der Waals surface area contributed by atoms with Crippen LogP contribution in [0.25, 0.3) is 21.8 Å². The second-order valence-corrected chi connectivity index (χ2v) is 9.12. The number of piperazine rings is 1. The van der Waals surface area contributed by atoms with Crippen molar-refractivity contribution in [2.45, 2.75) is 12.1 Å². The number of aromatic nitrogens is 2. The number of hydrogen-bond donors (Lipinski definition) is 3. The Balaban J connectivity index is 1.43. The Kier molecular flexibility index (Phi) is 4.39. The second-order valence-electron chi connectivity index (χ2n) is 7.28. The van der Waals surface area contributed by atoms with Crippen molar-refractivity contribution in [3.63, 3.8) is 0 Å². The minimum absolute atomic E-state index is 0.320. The molecule has 1 fully saturated rings. The van der Waals surface area contributed by atoms with E-state index >= 15 is 0 Å². The molecule has 138 valence electrons. The Bertz CT molecular complexity index is 1130. The van der Waals surface area contributed by atoms with Gasteiger partial charge in [0.2, 0.25) is 0 Å². The van der Waals surface area contributed by atoms with Crippen molar-refractivity contribution in [3.05, 3.63) is 68.9 Å². The van der Waals surface area contributed by atoms with Crippen LogP contribution in [-0.4, -0.2) is 35.0 Å². The van der Waals surface area contributed by atoms with Gasteiger partial charge in [0.05, 0.1) is 0 Å². The number of halogens is 2. The van der Waals surface area contributed by atoms with E-state index in [-0.39, 0.29) is 0 Å². The Morgan fingerprint density at radius 1 is 0.889 bits per heavy atom. The fourth-order valence-corrected chi connectivity index (χ4v) is 4.97. The molecule has 2 atom stereocenters. The number of aromatic amines is 2. The first-order chi connectivity index (χ1) is 13.1. The summed E-state index contributed by atoms with van der Waals surface area (Å²) in [7, 11) is 2.22. The van der Waals surface area contributed by atoms with Crippen LogP contribution in [-0.2, 0) is 0 Å². The van der Waals surface area contributed by atoms with Crippen LogP contribution in [0.2, 0.25) is 0 Å². The second kappa shape index (κ2) is 6.78. The van der Waals surface area contributed by atoms with E-state index in [0.29, 0.717) is 12.1 Å². The lowest BCUT2D eigenvalue weighted by Gasteiger charge is -2.38. The predicted molar refractivity (Wildman–Crippen MR) is 118 cm³/mol. The first-order valence-electron chi connectivity index (χ1n) is 9.07. The largest absolute Gasteiger partial charge is 0.361 e. The monoisotopic (exact) mass is 486 g/mol. The summed E-state index contributed by atoms with van der Waals surface area (Å²) in [6, 6.07) is 13.6. The van der Waals surface area contributed by atoms with Gasteiger partial charge in [-0.15, -0.1) is 0 Å². The van der Waals surface area contributed by atoms with Crippen molar-refractivity contribution < 1.29 is 0 Å². The van der Waals surface area contributed by atoms with E-state index in [0.717, 1.165) is 22.0 Å². The summed E-state index contributed by atoms with van der Waals surface area (Å²) in [5.74, 6) is 0. The first kappa shape index (κ1) is 17.5. The van der Waals surface area contributed by atoms with Gasteiger partial charge in [-0.3, -0.25) is 4.90 Å². The van der Waals surface area contributed by atoms with Crippen LogP contribution in [0.15, 0.2) is 57.7 Å². The molecule has 0 amide bonds. The first-order valence-corrected chi connectivity index (χ1v) is 10.7. The van der Waals surface area contributed by atoms with Crippen LogP contribution < -0.4 is 5.32 Å². The third kappa shape index (κ3) is 3.05. The lowest BCUT2D eigenvalue weighted by Crippen LogP contribution is -2.45. The summed E-state index contributed by atoms with van der Waals surface area (Å²) in [5, 5.41) is 6.37. The average Bonchev–Trinajstić information content (AvgIpc) is 3.25. The van der Waals surface area contributed by atoms with Gasteiger partial charge in [-0.25, -0.2) is 0 Å². The number of likely N-dealkylation sites (N-methyl/N-ethyl adjacent to an activating group) is 1. The molecule has 2 aromatic carbocycles. The molecule has 1 aliphatic rings. The third-order valence-electron chi connectivity index (χ3n) is 5.65. The van der Waals surface area contributed by atoms with Crippen molar-refractivity contribution in [1.82, 2.24) is 20.2 Å². The highest BCUT2D eigenvalue weighted by atomic mass is 79.9. The predicted octanol–water partition coefficient (Wildman–Crippen LogP) is 5.49. The Labute approximate surface area is 174 Å². The van der Waals surface area contributed by atoms with Gasteiger partial charge in [0, 0.05) is 68.3 Å². The molecule has 0 radical (unpaired) electrons. The summed E-state index contributed by atoms with van der Waals surface area (Å²) in [6.45, 7) is 1.89. The molecule has 0 unspecified atom stereocenters. The van der Waals surface area contributed by atoms with E-state index in [4.69, 9.17) is 0 Å². The zero-order valence-electron chi connectivity index (χ0n) is 14.9. The van der Waals surface area contributed by atoms with Crippen molar-refractivity contribution in [3.8, 4) is 0 Å². The number of benzene rings is 2. The lowest BCUT2D eigenvalue weighted by molar-refractivity contribution is 0.166. The Morgan fingerprint density at radius 2 is 1.48 bits per heavy atom. The van der Waals surface area contributed by atoms with E-state index in [2.05, 4.69) is 108 Å². The maximum Gasteiger partial charge on any atom is 0.0491 e. The van der Waals surface area contributed by atoms with E-state index < -0.39 is 0 Å². The smallest absolute Gasteiger partial charge is 0.0491 e. The minimum Gasteiger partial charge on any atom is -0.361 e. The lowest BCUT2D eigenvalue weighted by atomic mass is 9.97. The fourth-order valence-electron chi connectivity index (χ4n) is 4.25. The normalized spacial score (nSPS) is 21.3. The number of nitrogens with one attached hydrogen (secondary N) is 3. The maximum atomic E-state index is 3.78. The van der Waals surface area contributed by atoms with Gasteiger partial charge in [0.25, 0.3) is 0 Å². The average molecular weight is 488 g/mol. The number of rotatable bonds is 2. The van der Waals surface area contributed by atoms with Gasteiger partial charge in [0.15, 0.2) is 0 Å². The van der Waals surface area contributed by atoms with Crippen LogP contribution >= 0.6 is 31.9 Å². The van der Waals surface area contributed by atoms with Crippen molar-refractivity contribution in [1.29, 1.82) is 0 Å². The van der Waals surface area contributed by atoms with Gasteiger partial charge in [0.1, 0.15) is 0 Å². The van der Waals surface area contributed by atoms with Crippen LogP contribution in [0.5, 0.6) is 0 Å². The molecule has 6 heteroatoms. The van der Waals surface area contributed by atoms with Gasteiger partial charge in [-0.1, -0.05) is 44.0 Å². The summed E-state index contributed by atoms with van der Waals surface area (Å²) < 4.78 is 2.20. The number of fused-ring (bicyclic) bond motifs is 2. The van der Waals surface area contributed by atoms with Crippen LogP contribution in [0, 0.1) is 0 Å². The van der Waals surface area contributed by atoms with Crippen LogP contribution in [0.1, 0.15) is 23.2 Å². The molecule has 1 aliphatic heterocycles. The molecule has 1 saturated heterocycles. The quantitative estimate of drug-likeness (QED) is 0.350. The summed E-state index contributed by atoms with van der Waals surface area (Å²) in [4.78, 5) is 9.29. The highest BCUT2D eigenvalue weighted by Gasteiger charge is 2.29. The SMILES string of the molecule is CN1C[C@H](c2c[nH]c3cc(Br)ccc23)NC[C@H]1c1c[nH]c2cc(Br)ccc12. The molecule has 2 aromatic heterocycles. The zero-order chi connectivity index (χ0) is 18.5. The molecule has 5 rings (SSSR count). The highest BCUT2D eigenvalue weighted by Crippen LogP contribution is 2.34. The molecule has 3 N–H and O–H groups in total. The molecule has 27 heavy (non-hydrogen) atoms. The molecule has 4 nitrogen and oxygen atoms in total. The van der Waals surface area contributed by atoms with Gasteiger partial charge < -0.3 is 15.3 Å². The molecule has 0 saturated carbocycles. The van der Waals surface area contributed by atoms with Gasteiger partial charge in [-0.2, -0.15) is 0 Å². The Hall–Kier alpha value is -1.60. The topological polar surface area (TPSA) is 46.9 Å². The summed E-state index contributed by atoms with van der Waals surface area (Å²) >= 11 is 7.11. The van der Waals surface area contributed by atoms with Crippen molar-refractivity contribution in [2.24, 2.45) is 0 Å². The highest BCUT2D eigenvalue weighted by molar-refractivity contribution is 9.10. The zero-order valence-corrected chi connectivity index (χ0v) is 18.1. The van der Waals surface area contributed by atoms with Crippen LogP contribution in [0.3, 0.4) is 0 Å². The van der Waals surface area contributed by atoms with E-state index in [1.807, 2.05) is 0 Å². The fraction of sp³-hybridized carbons (Fsp3) is 0.238. The van der Waals surface area contributed by atoms with Crippen molar-refractivity contribution >= 4 is 53.7 Å². The molecule has 3 heterocycles. The molecule has 0 spiro atoms. The van der Waals surface area contributed by atoms with Crippen LogP contribution in [0.4, 0.5) is 0 Å². The third-order valence-corrected chi connectivity index (χ3v) is 6.63. The minimum atomic E-state index is 0.320. The molecule has 4 aromatic rings. The molecule has 0 bridgehead atoms. The van der Waals surface area contributed by atoms with Crippen molar-refractivity contribution in [2.75, 3.05) is 20.1 Å². The number of H-pyrrole nitrogens is 2. The van der Waals surface area contributed by atoms with Gasteiger partial charge in [-0.05, 0) is 42.4 Å². The molecule has 0 aliphatic carbocycles. The van der Waals surface area contributed by atoms with E-state index in [1.165, 1.54) is 32.9 Å². The number of hydrogen-bond acceptors (Lipinski definition) is 2. The van der Waals surface area contributed by atoms with E-state index in [1.54, 1.807) is 0 Å². The Morgan fingerprint density at radius 3 is 2.11 bits per heavy atom. The molecular weight excluding hydrogens is 468 g/mol. The summed E-state index contributed by atoms with van der Waals surface area (Å²) in [6.07, 6.45) is 4.30. The number of nitrogens with zero attached hydrogens (tertiary/aromatic N) is 1. The van der Waals surface area contributed by atoms with Gasteiger partial charge >= 0.3 is 0 Å². The maximum absolute atomic E-state index is 3.78. The summed E-state index contributed by atoms with van der Waals surface area (Å²) in [5.41, 5.74) is 5.05. The van der Waals surface area contributed by atoms with E-state index in [9.17, 15) is 0 Å². The molecular formula is C21H20Br2N4. The standard InChI is InChI=1S/C21H20Br2N4/c1-27-11-20(16-8-24-18-6-12(22)2-4-14(16)18)26-10-21(27)17-9-25-19-7-13(23)3-5-15(17)19/h2-9,20-21,24-26H,10-11H2,1H3/t20-,21+/m1/s1.